The van der Waals surface area contributed by atoms with Crippen molar-refractivity contribution in [3.05, 3.63) is 17.5 Å². The van der Waals surface area contributed by atoms with Crippen LogP contribution in [-0.4, -0.2) is 9.78 Å². The molecule has 2 heteroatoms. The normalized spacial score (nSPS) is 11.1. The largest absolute Gasteiger partial charge is 0.267 e. The Bertz CT molecular complexity index is 248. The lowest BCUT2D eigenvalue weighted by molar-refractivity contribution is 0.513. The molecule has 1 heterocycles. The quantitative estimate of drug-likeness (QED) is 0.675. The van der Waals surface area contributed by atoms with Crippen molar-refractivity contribution in [3.63, 3.8) is 0 Å². The topological polar surface area (TPSA) is 17.8 Å². The average Bonchev–Trinajstić information content (AvgIpc) is 2.32. The Labute approximate surface area is 74.6 Å². The fourth-order valence-electron chi connectivity index (χ4n) is 1.45. The fourth-order valence-corrected chi connectivity index (χ4v) is 1.45. The molecule has 0 spiro atoms. The van der Waals surface area contributed by atoms with E-state index < -0.39 is 0 Å². The molecule has 1 aromatic heterocycles. The van der Waals surface area contributed by atoms with Crippen molar-refractivity contribution < 1.29 is 0 Å². The smallest absolute Gasteiger partial charge is 0.0627 e. The molecule has 12 heavy (non-hydrogen) atoms. The lowest BCUT2D eigenvalue weighted by atomic mass is 10.2. The molecule has 68 valence electrons. The van der Waals surface area contributed by atoms with Gasteiger partial charge in [-0.15, -0.1) is 0 Å². The number of hydrogen-bond donors (Lipinski definition) is 0. The van der Waals surface area contributed by atoms with Crippen molar-refractivity contribution in [2.24, 2.45) is 0 Å². The van der Waals surface area contributed by atoms with Crippen molar-refractivity contribution in [2.45, 2.75) is 46.6 Å². The van der Waals surface area contributed by atoms with Crippen molar-refractivity contribution in [1.82, 2.24) is 9.78 Å². The Balaban J connectivity index is 2.85. The van der Waals surface area contributed by atoms with Crippen LogP contribution in [0.5, 0.6) is 0 Å². The summed E-state index contributed by atoms with van der Waals surface area (Å²) in [4.78, 5) is 0. The Morgan fingerprint density at radius 2 is 2.17 bits per heavy atom. The summed E-state index contributed by atoms with van der Waals surface area (Å²) in [5.41, 5.74) is 2.50. The van der Waals surface area contributed by atoms with Crippen LogP contribution in [0.15, 0.2) is 6.07 Å². The van der Waals surface area contributed by atoms with Crippen LogP contribution in [0, 0.1) is 6.92 Å². The van der Waals surface area contributed by atoms with Gasteiger partial charge in [-0.2, -0.15) is 5.10 Å². The van der Waals surface area contributed by atoms with Gasteiger partial charge in [0.1, 0.15) is 0 Å². The highest BCUT2D eigenvalue weighted by molar-refractivity contribution is 5.09. The minimum atomic E-state index is 0.482. The number of aryl methyl sites for hydroxylation is 2. The van der Waals surface area contributed by atoms with Gasteiger partial charge < -0.3 is 0 Å². The molecule has 0 bridgehead atoms. The molecule has 0 radical (unpaired) electrons. The Hall–Kier alpha value is -0.790. The van der Waals surface area contributed by atoms with Crippen molar-refractivity contribution >= 4 is 0 Å². The van der Waals surface area contributed by atoms with Gasteiger partial charge in [0.2, 0.25) is 0 Å². The van der Waals surface area contributed by atoms with Crippen LogP contribution in [0.1, 0.15) is 44.6 Å². The van der Waals surface area contributed by atoms with E-state index in [2.05, 4.69) is 43.5 Å². The zero-order valence-electron chi connectivity index (χ0n) is 8.46. The van der Waals surface area contributed by atoms with Crippen molar-refractivity contribution in [3.8, 4) is 0 Å². The summed E-state index contributed by atoms with van der Waals surface area (Å²) in [6.45, 7) is 8.63. The van der Waals surface area contributed by atoms with Gasteiger partial charge in [0.15, 0.2) is 0 Å². The van der Waals surface area contributed by atoms with Crippen LogP contribution in [0.25, 0.3) is 0 Å². The maximum Gasteiger partial charge on any atom is 0.0627 e. The molecule has 0 saturated carbocycles. The molecule has 0 N–H and O–H groups in total. The summed E-state index contributed by atoms with van der Waals surface area (Å²) >= 11 is 0. The summed E-state index contributed by atoms with van der Waals surface area (Å²) in [5.74, 6) is 0. The molecular formula is C10H18N2. The highest BCUT2D eigenvalue weighted by Gasteiger charge is 2.05. The molecule has 0 aliphatic rings. The van der Waals surface area contributed by atoms with Crippen LogP contribution in [0.2, 0.25) is 0 Å². The lowest BCUT2D eigenvalue weighted by Crippen LogP contribution is -2.04. The third-order valence-corrected chi connectivity index (χ3v) is 1.97. The average molecular weight is 166 g/mol. The molecule has 0 fully saturated rings. The van der Waals surface area contributed by atoms with Crippen LogP contribution < -0.4 is 0 Å². The van der Waals surface area contributed by atoms with Gasteiger partial charge >= 0.3 is 0 Å². The van der Waals surface area contributed by atoms with E-state index in [0.717, 1.165) is 6.42 Å². The number of rotatable bonds is 3. The van der Waals surface area contributed by atoms with E-state index in [1.807, 2.05) is 0 Å². The van der Waals surface area contributed by atoms with Gasteiger partial charge in [0.05, 0.1) is 5.69 Å². The van der Waals surface area contributed by atoms with E-state index in [1.54, 1.807) is 0 Å². The SMILES string of the molecule is CCCc1cc(C)n(C(C)C)n1. The second kappa shape index (κ2) is 3.74. The van der Waals surface area contributed by atoms with E-state index in [0.29, 0.717) is 6.04 Å². The molecule has 0 amide bonds. The molecule has 1 aromatic rings. The molecule has 0 unspecified atom stereocenters. The van der Waals surface area contributed by atoms with E-state index in [-0.39, 0.29) is 0 Å². The van der Waals surface area contributed by atoms with Crippen LogP contribution in [0.4, 0.5) is 0 Å². The predicted molar refractivity (Wildman–Crippen MR) is 51.3 cm³/mol. The van der Waals surface area contributed by atoms with Gasteiger partial charge in [-0.25, -0.2) is 0 Å². The zero-order valence-corrected chi connectivity index (χ0v) is 8.46. The van der Waals surface area contributed by atoms with Crippen molar-refractivity contribution in [1.29, 1.82) is 0 Å². The molecular weight excluding hydrogens is 148 g/mol. The monoisotopic (exact) mass is 166 g/mol. The standard InChI is InChI=1S/C10H18N2/c1-5-6-10-7-9(4)12(11-10)8(2)3/h7-8H,5-6H2,1-4H3. The summed E-state index contributed by atoms with van der Waals surface area (Å²) < 4.78 is 2.09. The van der Waals surface area contributed by atoms with E-state index in [4.69, 9.17) is 0 Å². The van der Waals surface area contributed by atoms with Gasteiger partial charge in [-0.05, 0) is 33.3 Å². The Kier molecular flexibility index (Phi) is 2.90. The van der Waals surface area contributed by atoms with E-state index >= 15 is 0 Å². The molecule has 0 atom stereocenters. The third-order valence-electron chi connectivity index (χ3n) is 1.97. The lowest BCUT2D eigenvalue weighted by Gasteiger charge is -2.06. The second-order valence-electron chi connectivity index (χ2n) is 3.57. The minimum Gasteiger partial charge on any atom is -0.267 e. The van der Waals surface area contributed by atoms with Gasteiger partial charge in [0.25, 0.3) is 0 Å². The highest BCUT2D eigenvalue weighted by atomic mass is 15.3. The Morgan fingerprint density at radius 1 is 1.50 bits per heavy atom. The maximum atomic E-state index is 4.52. The molecule has 0 aromatic carbocycles. The summed E-state index contributed by atoms with van der Waals surface area (Å²) in [6, 6.07) is 2.67. The van der Waals surface area contributed by atoms with Crippen molar-refractivity contribution in [2.75, 3.05) is 0 Å². The van der Waals surface area contributed by atoms with Gasteiger partial charge in [-0.1, -0.05) is 13.3 Å². The first kappa shape index (κ1) is 9.30. The first-order valence-corrected chi connectivity index (χ1v) is 4.70. The molecule has 0 aliphatic carbocycles. The molecule has 2 nitrogen and oxygen atoms in total. The van der Waals surface area contributed by atoms with Gasteiger partial charge in [-0.3, -0.25) is 4.68 Å². The Morgan fingerprint density at radius 3 is 2.58 bits per heavy atom. The van der Waals surface area contributed by atoms with Crippen LogP contribution >= 0.6 is 0 Å². The van der Waals surface area contributed by atoms with Crippen LogP contribution in [-0.2, 0) is 6.42 Å². The summed E-state index contributed by atoms with van der Waals surface area (Å²) in [6.07, 6.45) is 2.27. The van der Waals surface area contributed by atoms with E-state index in [1.165, 1.54) is 17.8 Å². The molecule has 0 saturated heterocycles. The van der Waals surface area contributed by atoms with Gasteiger partial charge in [0, 0.05) is 11.7 Å². The molecule has 1 rings (SSSR count). The fraction of sp³-hybridized carbons (Fsp3) is 0.700. The number of aromatic nitrogens is 2. The van der Waals surface area contributed by atoms with Crippen LogP contribution in [0.3, 0.4) is 0 Å². The number of nitrogens with zero attached hydrogens (tertiary/aromatic N) is 2. The summed E-state index contributed by atoms with van der Waals surface area (Å²) in [5, 5.41) is 4.52. The van der Waals surface area contributed by atoms with E-state index in [9.17, 15) is 0 Å². The highest BCUT2D eigenvalue weighted by Crippen LogP contribution is 2.10. The second-order valence-corrected chi connectivity index (χ2v) is 3.57. The minimum absolute atomic E-state index is 0.482. The number of hydrogen-bond acceptors (Lipinski definition) is 1. The predicted octanol–water partition coefficient (Wildman–Crippen LogP) is 2.72. The maximum absolute atomic E-state index is 4.52. The first-order chi connectivity index (χ1) is 5.65. The first-order valence-electron chi connectivity index (χ1n) is 4.70. The molecule has 0 aliphatic heterocycles. The third kappa shape index (κ3) is 1.87. The zero-order chi connectivity index (χ0) is 9.14. The summed E-state index contributed by atoms with van der Waals surface area (Å²) in [7, 11) is 0.